The van der Waals surface area contributed by atoms with E-state index in [1.165, 1.54) is 36.4 Å². The van der Waals surface area contributed by atoms with Gasteiger partial charge in [-0.25, -0.2) is 0 Å². The van der Waals surface area contributed by atoms with Crippen LogP contribution in [0.3, 0.4) is 0 Å². The maximum Gasteiger partial charge on any atom is 0.294 e. The summed E-state index contributed by atoms with van der Waals surface area (Å²) >= 11 is 0. The Balaban J connectivity index is 2.36. The Morgan fingerprint density at radius 2 is 1.62 bits per heavy atom. The normalized spacial score (nSPS) is 10.4. The van der Waals surface area contributed by atoms with Crippen molar-refractivity contribution in [2.45, 2.75) is 4.90 Å². The maximum atomic E-state index is 11.0. The van der Waals surface area contributed by atoms with Gasteiger partial charge in [0.15, 0.2) is 0 Å². The minimum Gasteiger partial charge on any atom is -0.457 e. The Hall–Kier alpha value is -2.87. The van der Waals surface area contributed by atoms with Crippen LogP contribution in [-0.4, -0.2) is 13.0 Å². The topological polar surface area (TPSA) is 111 Å². The average molecular weight is 300 g/mol. The summed E-state index contributed by atoms with van der Waals surface area (Å²) in [5.74, 6) is 0.455. The lowest BCUT2D eigenvalue weighted by Crippen LogP contribution is -1.98. The molecule has 2 rings (SSSR count). The number of benzene rings is 2. The molecule has 2 aromatic carbocycles. The summed E-state index contributed by atoms with van der Waals surface area (Å²) in [4.78, 5) is -0.297. The standard InChI is InChI=1S/C14H8N2O4S/c15-8-10-4-5-13(6-11(10)9-16)20-12-2-1-3-14(7-12)21(17,18)19/h1-7H,(H,17,18,19). The number of nitrogens with zero attached hydrogens (tertiary/aromatic N) is 2. The van der Waals surface area contributed by atoms with Crippen molar-refractivity contribution in [3.63, 3.8) is 0 Å². The molecule has 0 radical (unpaired) electrons. The molecule has 0 saturated carbocycles. The van der Waals surface area contributed by atoms with Crippen molar-refractivity contribution in [3.8, 4) is 23.6 Å². The summed E-state index contributed by atoms with van der Waals surface area (Å²) in [7, 11) is -4.32. The third-order valence-corrected chi connectivity index (χ3v) is 3.42. The van der Waals surface area contributed by atoms with Crippen LogP contribution in [0.4, 0.5) is 0 Å². The largest absolute Gasteiger partial charge is 0.457 e. The minimum absolute atomic E-state index is 0.154. The SMILES string of the molecule is N#Cc1ccc(Oc2cccc(S(=O)(=O)O)c2)cc1C#N. The molecule has 0 atom stereocenters. The summed E-state index contributed by atoms with van der Waals surface area (Å²) in [6.07, 6.45) is 0. The summed E-state index contributed by atoms with van der Waals surface area (Å²) in [5, 5.41) is 17.7. The van der Waals surface area contributed by atoms with E-state index < -0.39 is 10.1 Å². The average Bonchev–Trinajstić information content (AvgIpc) is 2.46. The Kier molecular flexibility index (Phi) is 3.90. The van der Waals surface area contributed by atoms with Crippen LogP contribution in [-0.2, 0) is 10.1 Å². The van der Waals surface area contributed by atoms with Crippen molar-refractivity contribution in [1.82, 2.24) is 0 Å². The van der Waals surface area contributed by atoms with Gasteiger partial charge in [-0.05, 0) is 30.3 Å². The zero-order chi connectivity index (χ0) is 15.5. The second kappa shape index (κ2) is 5.63. The van der Waals surface area contributed by atoms with Gasteiger partial charge in [0.05, 0.1) is 16.0 Å². The monoisotopic (exact) mass is 300 g/mol. The number of ether oxygens (including phenoxy) is 1. The molecule has 1 N–H and O–H groups in total. The van der Waals surface area contributed by atoms with Crippen molar-refractivity contribution in [1.29, 1.82) is 10.5 Å². The molecule has 0 fully saturated rings. The zero-order valence-electron chi connectivity index (χ0n) is 10.5. The fraction of sp³-hybridized carbons (Fsp3) is 0. The highest BCUT2D eigenvalue weighted by atomic mass is 32.2. The van der Waals surface area contributed by atoms with E-state index in [0.717, 1.165) is 6.07 Å². The van der Waals surface area contributed by atoms with Crippen molar-refractivity contribution in [2.75, 3.05) is 0 Å². The summed E-state index contributed by atoms with van der Waals surface area (Å²) in [5.41, 5.74) is 0.373. The smallest absolute Gasteiger partial charge is 0.294 e. The molecule has 7 heteroatoms. The predicted octanol–water partition coefficient (Wildman–Crippen LogP) is 2.47. The Morgan fingerprint density at radius 3 is 2.24 bits per heavy atom. The number of rotatable bonds is 3. The Bertz CT molecular complexity index is 877. The summed E-state index contributed by atoms with van der Waals surface area (Å²) in [6, 6.07) is 13.3. The van der Waals surface area contributed by atoms with E-state index in [-0.39, 0.29) is 27.5 Å². The van der Waals surface area contributed by atoms with Gasteiger partial charge in [0.1, 0.15) is 23.6 Å². The molecule has 0 saturated heterocycles. The zero-order valence-corrected chi connectivity index (χ0v) is 11.3. The van der Waals surface area contributed by atoms with Gasteiger partial charge in [0.2, 0.25) is 0 Å². The van der Waals surface area contributed by atoms with Crippen molar-refractivity contribution >= 4 is 10.1 Å². The van der Waals surface area contributed by atoms with Crippen LogP contribution >= 0.6 is 0 Å². The fourth-order valence-electron chi connectivity index (χ4n) is 1.61. The molecule has 0 aliphatic heterocycles. The molecule has 6 nitrogen and oxygen atoms in total. The molecule has 0 aliphatic rings. The van der Waals surface area contributed by atoms with Gasteiger partial charge >= 0.3 is 0 Å². The second-order valence-corrected chi connectivity index (χ2v) is 5.40. The van der Waals surface area contributed by atoms with Crippen LogP contribution in [0.1, 0.15) is 11.1 Å². The molecular weight excluding hydrogens is 292 g/mol. The first-order chi connectivity index (χ1) is 9.94. The van der Waals surface area contributed by atoms with Crippen LogP contribution < -0.4 is 4.74 Å². The molecule has 21 heavy (non-hydrogen) atoms. The number of nitriles is 2. The van der Waals surface area contributed by atoms with Crippen LogP contribution in [0.5, 0.6) is 11.5 Å². The van der Waals surface area contributed by atoms with Crippen LogP contribution in [0, 0.1) is 22.7 Å². The molecular formula is C14H8N2O4S. The predicted molar refractivity (Wildman–Crippen MR) is 72.2 cm³/mol. The van der Waals surface area contributed by atoms with E-state index in [9.17, 15) is 8.42 Å². The highest BCUT2D eigenvalue weighted by molar-refractivity contribution is 7.85. The van der Waals surface area contributed by atoms with Gasteiger partial charge in [0, 0.05) is 6.07 Å². The van der Waals surface area contributed by atoms with Crippen molar-refractivity contribution < 1.29 is 17.7 Å². The van der Waals surface area contributed by atoms with Crippen molar-refractivity contribution in [2.24, 2.45) is 0 Å². The first-order valence-electron chi connectivity index (χ1n) is 5.63. The maximum absolute atomic E-state index is 11.0. The molecule has 0 bridgehead atoms. The first-order valence-corrected chi connectivity index (χ1v) is 7.07. The van der Waals surface area contributed by atoms with E-state index in [2.05, 4.69) is 0 Å². The van der Waals surface area contributed by atoms with Crippen molar-refractivity contribution in [3.05, 3.63) is 53.6 Å². The van der Waals surface area contributed by atoms with E-state index >= 15 is 0 Å². The fourth-order valence-corrected chi connectivity index (χ4v) is 2.13. The Morgan fingerprint density at radius 1 is 0.952 bits per heavy atom. The summed E-state index contributed by atoms with van der Waals surface area (Å²) in [6.45, 7) is 0. The lowest BCUT2D eigenvalue weighted by molar-refractivity contribution is 0.471. The van der Waals surface area contributed by atoms with Gasteiger partial charge < -0.3 is 4.74 Å². The van der Waals surface area contributed by atoms with E-state index in [0.29, 0.717) is 0 Å². The Labute approximate surface area is 121 Å². The van der Waals surface area contributed by atoms with Gasteiger partial charge in [-0.2, -0.15) is 18.9 Å². The second-order valence-electron chi connectivity index (χ2n) is 3.98. The van der Waals surface area contributed by atoms with Crippen LogP contribution in [0.2, 0.25) is 0 Å². The molecule has 0 aromatic heterocycles. The third-order valence-electron chi connectivity index (χ3n) is 2.57. The van der Waals surface area contributed by atoms with Crippen LogP contribution in [0.15, 0.2) is 47.4 Å². The molecule has 2 aromatic rings. The van der Waals surface area contributed by atoms with Gasteiger partial charge in [0.25, 0.3) is 10.1 Å². The first kappa shape index (κ1) is 14.5. The molecule has 0 unspecified atom stereocenters. The van der Waals surface area contributed by atoms with Gasteiger partial charge in [-0.1, -0.05) is 6.07 Å². The third kappa shape index (κ3) is 3.37. The molecule has 0 aliphatic carbocycles. The van der Waals surface area contributed by atoms with Crippen LogP contribution in [0.25, 0.3) is 0 Å². The van der Waals surface area contributed by atoms with E-state index in [1.54, 1.807) is 0 Å². The highest BCUT2D eigenvalue weighted by Gasteiger charge is 2.11. The molecule has 0 heterocycles. The molecule has 0 spiro atoms. The minimum atomic E-state index is -4.32. The lowest BCUT2D eigenvalue weighted by Gasteiger charge is -2.07. The lowest BCUT2D eigenvalue weighted by atomic mass is 10.1. The van der Waals surface area contributed by atoms with Gasteiger partial charge in [-0.3, -0.25) is 4.55 Å². The number of hydrogen-bond donors (Lipinski definition) is 1. The summed E-state index contributed by atoms with van der Waals surface area (Å²) < 4.78 is 36.5. The quantitative estimate of drug-likeness (QED) is 0.871. The van der Waals surface area contributed by atoms with Gasteiger partial charge in [-0.15, -0.1) is 0 Å². The molecule has 104 valence electrons. The number of hydrogen-bond acceptors (Lipinski definition) is 5. The van der Waals surface area contributed by atoms with E-state index in [4.69, 9.17) is 19.8 Å². The molecule has 0 amide bonds. The van der Waals surface area contributed by atoms with E-state index in [1.807, 2.05) is 12.1 Å². The highest BCUT2D eigenvalue weighted by Crippen LogP contribution is 2.25.